The van der Waals surface area contributed by atoms with E-state index >= 15 is 0 Å². The van der Waals surface area contributed by atoms with Crippen LogP contribution in [0, 0.1) is 13.8 Å². The summed E-state index contributed by atoms with van der Waals surface area (Å²) in [6.07, 6.45) is 0. The van der Waals surface area contributed by atoms with E-state index in [0.717, 1.165) is 21.5 Å². The van der Waals surface area contributed by atoms with E-state index < -0.39 is 20.0 Å². The Labute approximate surface area is 204 Å². The van der Waals surface area contributed by atoms with E-state index in [1.807, 2.05) is 98.8 Å². The molecule has 0 saturated heterocycles. The lowest BCUT2D eigenvalue weighted by molar-refractivity contribution is 0.603. The third kappa shape index (κ3) is 3.16. The van der Waals surface area contributed by atoms with Crippen molar-refractivity contribution in [3.63, 3.8) is 0 Å². The van der Waals surface area contributed by atoms with Crippen LogP contribution in [0.3, 0.4) is 0 Å². The maximum absolute atomic E-state index is 13.4. The van der Waals surface area contributed by atoms with E-state index in [9.17, 15) is 16.8 Å². The summed E-state index contributed by atoms with van der Waals surface area (Å²) in [6, 6.07) is 26.6. The molecule has 7 heteroatoms. The van der Waals surface area contributed by atoms with Crippen LogP contribution in [-0.4, -0.2) is 16.8 Å². The van der Waals surface area contributed by atoms with Crippen molar-refractivity contribution in [2.75, 3.05) is 0 Å². The summed E-state index contributed by atoms with van der Waals surface area (Å²) < 4.78 is 56.8. The van der Waals surface area contributed by atoms with Gasteiger partial charge >= 0.3 is 0 Å². The molecule has 5 aromatic carbocycles. The van der Waals surface area contributed by atoms with Gasteiger partial charge in [0, 0.05) is 11.1 Å². The Kier molecular flexibility index (Phi) is 4.70. The molecular formula is C28H20NO4S2-. The average Bonchev–Trinajstić information content (AvgIpc) is 3.03. The van der Waals surface area contributed by atoms with Gasteiger partial charge in [-0.2, -0.15) is 0 Å². The molecule has 6 rings (SSSR count). The monoisotopic (exact) mass is 498 g/mol. The molecule has 0 aliphatic carbocycles. The maximum atomic E-state index is 13.4. The van der Waals surface area contributed by atoms with Crippen molar-refractivity contribution in [2.45, 2.75) is 23.6 Å². The van der Waals surface area contributed by atoms with Gasteiger partial charge in [0.25, 0.3) is 0 Å². The number of sulfonamides is 2. The van der Waals surface area contributed by atoms with Crippen LogP contribution < -0.4 is 0 Å². The molecule has 1 heterocycles. The summed E-state index contributed by atoms with van der Waals surface area (Å²) in [7, 11) is -8.89. The maximum Gasteiger partial charge on any atom is 0.114 e. The quantitative estimate of drug-likeness (QED) is 0.271. The highest BCUT2D eigenvalue weighted by molar-refractivity contribution is 8.14. The normalized spacial score (nSPS) is 15.9. The lowest BCUT2D eigenvalue weighted by atomic mass is 9.87. The third-order valence-electron chi connectivity index (χ3n) is 6.80. The molecule has 0 unspecified atom stereocenters. The second-order valence-electron chi connectivity index (χ2n) is 8.74. The van der Waals surface area contributed by atoms with Crippen LogP contribution in [0.4, 0.5) is 0 Å². The zero-order chi connectivity index (χ0) is 24.5. The van der Waals surface area contributed by atoms with Gasteiger partial charge in [-0.3, -0.25) is 0 Å². The van der Waals surface area contributed by atoms with E-state index in [1.54, 1.807) is 0 Å². The van der Waals surface area contributed by atoms with E-state index in [2.05, 4.69) is 4.13 Å². The molecule has 1 aliphatic heterocycles. The number of benzene rings is 5. The molecule has 0 spiro atoms. The fraction of sp³-hybridized carbons (Fsp3) is 0.0714. The Morgan fingerprint density at radius 3 is 1.31 bits per heavy atom. The Balaban J connectivity index is 1.85. The Hall–Kier alpha value is -3.52. The van der Waals surface area contributed by atoms with Crippen molar-refractivity contribution >= 4 is 41.6 Å². The molecule has 1 aliphatic rings. The third-order valence-corrected chi connectivity index (χ3v) is 10.4. The van der Waals surface area contributed by atoms with Crippen molar-refractivity contribution in [1.82, 2.24) is 0 Å². The van der Waals surface area contributed by atoms with Crippen molar-refractivity contribution in [1.29, 1.82) is 0 Å². The van der Waals surface area contributed by atoms with Crippen LogP contribution in [0.2, 0.25) is 0 Å². The van der Waals surface area contributed by atoms with Gasteiger partial charge in [0.05, 0.1) is 9.79 Å². The van der Waals surface area contributed by atoms with Gasteiger partial charge in [-0.15, -0.1) is 0 Å². The summed E-state index contributed by atoms with van der Waals surface area (Å²) in [5, 5.41) is 3.56. The molecule has 0 amide bonds. The molecule has 174 valence electrons. The van der Waals surface area contributed by atoms with E-state index in [0.29, 0.717) is 33.4 Å². The lowest BCUT2D eigenvalue weighted by Crippen LogP contribution is -2.05. The van der Waals surface area contributed by atoms with Gasteiger partial charge < -0.3 is 4.13 Å². The minimum Gasteiger partial charge on any atom is -0.427 e. The molecular weight excluding hydrogens is 478 g/mol. The fourth-order valence-corrected chi connectivity index (χ4v) is 9.15. The topological polar surface area (TPSA) is 82.4 Å². The SMILES string of the molecule is Cc1c(C)c(-c2cccc3ccccc23)c2c(c1-c1cccc3ccccc13)S(=O)(=O)[N-]S2(=O)=O. The van der Waals surface area contributed by atoms with Gasteiger partial charge in [0.1, 0.15) is 20.0 Å². The first-order valence-electron chi connectivity index (χ1n) is 11.1. The van der Waals surface area contributed by atoms with Crippen molar-refractivity contribution < 1.29 is 16.8 Å². The molecule has 0 fully saturated rings. The van der Waals surface area contributed by atoms with Crippen molar-refractivity contribution in [3.8, 4) is 22.3 Å². The molecule has 0 N–H and O–H groups in total. The van der Waals surface area contributed by atoms with E-state index in [1.165, 1.54) is 0 Å². The standard InChI is InChI=1S/C28H20NO4S2/c1-17-18(2)26(24-16-8-12-20-10-4-6-14-22(20)24)28-27(34(30,31)29-35(28,32)33)25(17)23-15-7-11-19-9-3-5-13-21(19)23/h3-16H,1-2H3/q-1. The average molecular weight is 499 g/mol. The highest BCUT2D eigenvalue weighted by Gasteiger charge is 2.37. The van der Waals surface area contributed by atoms with Gasteiger partial charge in [-0.1, -0.05) is 84.9 Å². The van der Waals surface area contributed by atoms with Gasteiger partial charge in [0.2, 0.25) is 0 Å². The fourth-order valence-electron chi connectivity index (χ4n) is 5.17. The smallest absolute Gasteiger partial charge is 0.114 e. The van der Waals surface area contributed by atoms with Crippen molar-refractivity contribution in [2.24, 2.45) is 0 Å². The number of nitrogens with zero attached hydrogens (tertiary/aromatic N) is 1. The van der Waals surface area contributed by atoms with Gasteiger partial charge in [0.15, 0.2) is 0 Å². The first-order valence-corrected chi connectivity index (χ1v) is 14.0. The van der Waals surface area contributed by atoms with E-state index in [-0.39, 0.29) is 9.79 Å². The van der Waals surface area contributed by atoms with Crippen molar-refractivity contribution in [3.05, 3.63) is 100 Å². The summed E-state index contributed by atoms with van der Waals surface area (Å²) in [6.45, 7) is 3.70. The van der Waals surface area contributed by atoms with Crippen LogP contribution >= 0.6 is 0 Å². The molecule has 5 nitrogen and oxygen atoms in total. The minimum absolute atomic E-state index is 0.236. The number of hydrogen-bond donors (Lipinski definition) is 0. The molecule has 0 atom stereocenters. The second-order valence-corrected chi connectivity index (χ2v) is 12.0. The molecule has 0 saturated carbocycles. The van der Waals surface area contributed by atoms with Crippen LogP contribution in [0.25, 0.3) is 47.9 Å². The molecule has 0 radical (unpaired) electrons. The highest BCUT2D eigenvalue weighted by atomic mass is 32.3. The lowest BCUT2D eigenvalue weighted by Gasteiger charge is -2.22. The molecule has 35 heavy (non-hydrogen) atoms. The first kappa shape index (κ1) is 22.0. The van der Waals surface area contributed by atoms with Crippen LogP contribution in [0.5, 0.6) is 0 Å². The number of hydrogen-bond acceptors (Lipinski definition) is 4. The summed E-state index contributed by atoms with van der Waals surface area (Å²) in [5.41, 5.74) is 3.53. The molecule has 0 aromatic heterocycles. The van der Waals surface area contributed by atoms with E-state index in [4.69, 9.17) is 0 Å². The van der Waals surface area contributed by atoms with Gasteiger partial charge in [-0.25, -0.2) is 16.8 Å². The Morgan fingerprint density at radius 2 is 0.886 bits per heavy atom. The predicted octanol–water partition coefficient (Wildman–Crippen LogP) is 6.71. The highest BCUT2D eigenvalue weighted by Crippen LogP contribution is 2.53. The van der Waals surface area contributed by atoms with Crippen LogP contribution in [0.1, 0.15) is 11.1 Å². The van der Waals surface area contributed by atoms with Gasteiger partial charge in [-0.05, 0) is 57.6 Å². The zero-order valence-corrected chi connectivity index (χ0v) is 20.6. The Bertz CT molecular complexity index is 1770. The summed E-state index contributed by atoms with van der Waals surface area (Å²) in [5.74, 6) is 0. The number of rotatable bonds is 2. The van der Waals surface area contributed by atoms with Crippen LogP contribution in [-0.2, 0) is 20.0 Å². The minimum atomic E-state index is -4.45. The largest absolute Gasteiger partial charge is 0.427 e. The summed E-state index contributed by atoms with van der Waals surface area (Å²) in [4.78, 5) is -0.472. The first-order chi connectivity index (χ1) is 16.7. The van der Waals surface area contributed by atoms with Crippen LogP contribution in [0.15, 0.2) is 94.7 Å². The zero-order valence-electron chi connectivity index (χ0n) is 19.0. The number of fused-ring (bicyclic) bond motifs is 3. The molecule has 0 bridgehead atoms. The Morgan fingerprint density at radius 1 is 0.514 bits per heavy atom. The summed E-state index contributed by atoms with van der Waals surface area (Å²) >= 11 is 0. The molecule has 5 aromatic rings. The second kappa shape index (κ2) is 7.49. The predicted molar refractivity (Wildman–Crippen MR) is 140 cm³/mol.